The van der Waals surface area contributed by atoms with Gasteiger partial charge in [0.25, 0.3) is 5.56 Å². The molecule has 4 nitrogen and oxygen atoms in total. The Hall–Kier alpha value is -1.79. The number of nitrogens with zero attached hydrogens (tertiary/aromatic N) is 1. The largest absolute Gasteiger partial charge is 0.421 e. The molecule has 1 aliphatic rings. The summed E-state index contributed by atoms with van der Waals surface area (Å²) in [7, 11) is 0. The monoisotopic (exact) mass is 344 g/mol. The summed E-state index contributed by atoms with van der Waals surface area (Å²) in [5, 5.41) is 2.75. The lowest BCUT2D eigenvalue weighted by molar-refractivity contribution is -0.139. The lowest BCUT2D eigenvalue weighted by Gasteiger charge is -2.20. The molecular formula is C17H23F3N2O2. The Kier molecular flexibility index (Phi) is 6.45. The molecule has 1 amide bonds. The van der Waals surface area contributed by atoms with E-state index in [4.69, 9.17) is 0 Å². The molecule has 0 saturated heterocycles. The van der Waals surface area contributed by atoms with Crippen molar-refractivity contribution < 1.29 is 18.0 Å². The Bertz CT molecular complexity index is 603. The average molecular weight is 344 g/mol. The number of alkyl halides is 3. The maximum absolute atomic E-state index is 12.7. The summed E-state index contributed by atoms with van der Waals surface area (Å²) in [6, 6.07) is 1.86. The fraction of sp³-hybridized carbons (Fsp3) is 0.647. The van der Waals surface area contributed by atoms with Crippen molar-refractivity contribution in [2.45, 2.75) is 57.7 Å². The van der Waals surface area contributed by atoms with Gasteiger partial charge in [-0.1, -0.05) is 32.1 Å². The molecule has 1 saturated carbocycles. The minimum atomic E-state index is -4.71. The van der Waals surface area contributed by atoms with E-state index in [9.17, 15) is 22.8 Å². The molecule has 1 N–H and O–H groups in total. The molecule has 2 rings (SSSR count). The summed E-state index contributed by atoms with van der Waals surface area (Å²) < 4.78 is 38.9. The molecule has 134 valence electrons. The van der Waals surface area contributed by atoms with E-state index in [1.165, 1.54) is 25.5 Å². The van der Waals surface area contributed by atoms with Crippen molar-refractivity contribution in [3.8, 4) is 0 Å². The Morgan fingerprint density at radius 1 is 1.17 bits per heavy atom. The van der Waals surface area contributed by atoms with Gasteiger partial charge in [-0.15, -0.1) is 0 Å². The minimum Gasteiger partial charge on any atom is -0.354 e. The maximum Gasteiger partial charge on any atom is 0.421 e. The quantitative estimate of drug-likeness (QED) is 0.911. The van der Waals surface area contributed by atoms with Crippen molar-refractivity contribution in [3.63, 3.8) is 0 Å². The molecule has 24 heavy (non-hydrogen) atoms. The molecule has 0 radical (unpaired) electrons. The zero-order valence-corrected chi connectivity index (χ0v) is 13.6. The molecule has 1 aromatic heterocycles. The van der Waals surface area contributed by atoms with Crippen LogP contribution >= 0.6 is 0 Å². The third-order valence-electron chi connectivity index (χ3n) is 4.45. The number of carbonyl (C=O) groups excluding carboxylic acids is 1. The Balaban J connectivity index is 1.91. The number of pyridine rings is 1. The van der Waals surface area contributed by atoms with Crippen molar-refractivity contribution >= 4 is 5.91 Å². The molecule has 1 heterocycles. The summed E-state index contributed by atoms with van der Waals surface area (Å²) in [5.74, 6) is -0.0223. The van der Waals surface area contributed by atoms with Gasteiger partial charge >= 0.3 is 6.18 Å². The molecule has 0 aliphatic heterocycles. The van der Waals surface area contributed by atoms with Crippen LogP contribution in [0.3, 0.4) is 0 Å². The highest BCUT2D eigenvalue weighted by Crippen LogP contribution is 2.26. The van der Waals surface area contributed by atoms with E-state index in [0.29, 0.717) is 12.5 Å². The minimum absolute atomic E-state index is 0.393. The van der Waals surface area contributed by atoms with Crippen molar-refractivity contribution in [1.82, 2.24) is 9.88 Å². The van der Waals surface area contributed by atoms with Gasteiger partial charge in [-0.05, 0) is 30.9 Å². The van der Waals surface area contributed by atoms with Crippen molar-refractivity contribution in [2.24, 2.45) is 5.92 Å². The molecule has 1 fully saturated rings. The van der Waals surface area contributed by atoms with Crippen LogP contribution in [0.1, 0.15) is 50.5 Å². The van der Waals surface area contributed by atoms with Crippen LogP contribution in [-0.2, 0) is 17.5 Å². The fourth-order valence-corrected chi connectivity index (χ4v) is 3.09. The summed E-state index contributed by atoms with van der Waals surface area (Å²) in [4.78, 5) is 23.8. The van der Waals surface area contributed by atoms with Gasteiger partial charge in [0.1, 0.15) is 12.1 Å². The summed E-state index contributed by atoms with van der Waals surface area (Å²) >= 11 is 0. The summed E-state index contributed by atoms with van der Waals surface area (Å²) in [5.41, 5.74) is -2.44. The fourth-order valence-electron chi connectivity index (χ4n) is 3.09. The number of hydrogen-bond donors (Lipinski definition) is 1. The molecule has 0 unspecified atom stereocenters. The SMILES string of the molecule is O=C(Cn1cccc(C(F)(F)F)c1=O)NCC1CCCCCCC1. The smallest absolute Gasteiger partial charge is 0.354 e. The number of amides is 1. The van der Waals surface area contributed by atoms with Crippen LogP contribution in [0.4, 0.5) is 13.2 Å². The number of rotatable bonds is 4. The predicted octanol–water partition coefficient (Wildman–Crippen LogP) is 3.34. The van der Waals surface area contributed by atoms with E-state index in [1.54, 1.807) is 0 Å². The highest BCUT2D eigenvalue weighted by Gasteiger charge is 2.34. The van der Waals surface area contributed by atoms with E-state index in [-0.39, 0.29) is 0 Å². The number of nitrogens with one attached hydrogen (secondary N) is 1. The van der Waals surface area contributed by atoms with Gasteiger partial charge in [-0.25, -0.2) is 0 Å². The van der Waals surface area contributed by atoms with E-state index in [2.05, 4.69) is 5.32 Å². The molecule has 0 bridgehead atoms. The zero-order chi connectivity index (χ0) is 17.6. The van der Waals surface area contributed by atoms with Crippen LogP contribution in [-0.4, -0.2) is 17.0 Å². The normalized spacial score (nSPS) is 17.1. The first-order chi connectivity index (χ1) is 11.4. The van der Waals surface area contributed by atoms with Gasteiger partial charge in [0.05, 0.1) is 0 Å². The topological polar surface area (TPSA) is 51.1 Å². The third kappa shape index (κ3) is 5.39. The maximum atomic E-state index is 12.7. The van der Waals surface area contributed by atoms with Crippen LogP contribution in [0.25, 0.3) is 0 Å². The van der Waals surface area contributed by atoms with Crippen molar-refractivity contribution in [1.29, 1.82) is 0 Å². The van der Waals surface area contributed by atoms with E-state index in [1.807, 2.05) is 0 Å². The van der Waals surface area contributed by atoms with E-state index >= 15 is 0 Å². The number of aromatic nitrogens is 1. The van der Waals surface area contributed by atoms with Gasteiger partial charge in [-0.2, -0.15) is 13.2 Å². The van der Waals surface area contributed by atoms with Crippen molar-refractivity contribution in [2.75, 3.05) is 6.54 Å². The lowest BCUT2D eigenvalue weighted by Crippen LogP contribution is -2.36. The highest BCUT2D eigenvalue weighted by atomic mass is 19.4. The van der Waals surface area contributed by atoms with Gasteiger partial charge in [0, 0.05) is 12.7 Å². The van der Waals surface area contributed by atoms with Crippen LogP contribution in [0, 0.1) is 5.92 Å². The zero-order valence-electron chi connectivity index (χ0n) is 13.6. The summed E-state index contributed by atoms with van der Waals surface area (Å²) in [6.45, 7) is 0.127. The third-order valence-corrected chi connectivity index (χ3v) is 4.45. The predicted molar refractivity (Wildman–Crippen MR) is 84.5 cm³/mol. The average Bonchev–Trinajstić information content (AvgIpc) is 2.47. The van der Waals surface area contributed by atoms with Gasteiger partial charge in [-0.3, -0.25) is 9.59 Å². The van der Waals surface area contributed by atoms with Crippen LogP contribution < -0.4 is 10.9 Å². The second kappa shape index (κ2) is 8.35. The van der Waals surface area contributed by atoms with Gasteiger partial charge in [0.2, 0.25) is 5.91 Å². The number of halogens is 3. The molecule has 0 spiro atoms. The second-order valence-electron chi connectivity index (χ2n) is 6.37. The second-order valence-corrected chi connectivity index (χ2v) is 6.37. The first kappa shape index (κ1) is 18.5. The van der Waals surface area contributed by atoms with Crippen LogP contribution in [0.15, 0.2) is 23.1 Å². The number of hydrogen-bond acceptors (Lipinski definition) is 2. The first-order valence-corrected chi connectivity index (χ1v) is 8.41. The molecule has 1 aliphatic carbocycles. The summed E-state index contributed by atoms with van der Waals surface area (Å²) in [6.07, 6.45) is 4.59. The number of carbonyl (C=O) groups is 1. The molecule has 0 aromatic carbocycles. The Morgan fingerprint density at radius 3 is 2.42 bits per heavy atom. The lowest BCUT2D eigenvalue weighted by atomic mass is 9.91. The highest BCUT2D eigenvalue weighted by molar-refractivity contribution is 5.75. The standard InChI is InChI=1S/C17H23F3N2O2/c18-17(19,20)14-9-6-10-22(16(14)24)12-15(23)21-11-13-7-4-2-1-3-5-8-13/h6,9-10,13H,1-5,7-8,11-12H2,(H,21,23). The van der Waals surface area contributed by atoms with Crippen LogP contribution in [0.2, 0.25) is 0 Å². The first-order valence-electron chi connectivity index (χ1n) is 8.41. The molecule has 7 heteroatoms. The Labute approximate surface area is 139 Å². The Morgan fingerprint density at radius 2 is 1.79 bits per heavy atom. The van der Waals surface area contributed by atoms with Crippen LogP contribution in [0.5, 0.6) is 0 Å². The van der Waals surface area contributed by atoms with Gasteiger partial charge in [0.15, 0.2) is 0 Å². The van der Waals surface area contributed by atoms with Gasteiger partial charge < -0.3 is 9.88 Å². The van der Waals surface area contributed by atoms with E-state index < -0.39 is 29.8 Å². The molecular weight excluding hydrogens is 321 g/mol. The van der Waals surface area contributed by atoms with E-state index in [0.717, 1.165) is 42.4 Å². The molecule has 1 aromatic rings. The van der Waals surface area contributed by atoms with Crippen molar-refractivity contribution in [3.05, 3.63) is 34.2 Å². The molecule has 0 atom stereocenters.